The maximum absolute atomic E-state index is 11.6. The number of nitrogens with one attached hydrogen (secondary N) is 1. The fourth-order valence-electron chi connectivity index (χ4n) is 2.58. The van der Waals surface area contributed by atoms with E-state index >= 15 is 0 Å². The number of nitrogens with zero attached hydrogens (tertiary/aromatic N) is 2. The lowest BCUT2D eigenvalue weighted by molar-refractivity contribution is 0.562. The molecule has 5 nitrogen and oxygen atoms in total. The number of hydrogen-bond acceptors (Lipinski definition) is 5. The molecular formula is C14H23N3O2S. The van der Waals surface area contributed by atoms with E-state index in [4.69, 9.17) is 0 Å². The Balaban J connectivity index is 2.00. The van der Waals surface area contributed by atoms with Gasteiger partial charge in [-0.3, -0.25) is 0 Å². The van der Waals surface area contributed by atoms with Crippen molar-refractivity contribution in [1.29, 1.82) is 0 Å². The Morgan fingerprint density at radius 1 is 1.35 bits per heavy atom. The third-order valence-corrected chi connectivity index (χ3v) is 5.49. The van der Waals surface area contributed by atoms with Gasteiger partial charge in [0.05, 0.1) is 23.4 Å². The Morgan fingerprint density at radius 2 is 2.10 bits per heavy atom. The Labute approximate surface area is 121 Å². The zero-order valence-electron chi connectivity index (χ0n) is 12.2. The van der Waals surface area contributed by atoms with Crippen molar-refractivity contribution in [2.45, 2.75) is 32.7 Å². The van der Waals surface area contributed by atoms with Crippen LogP contribution in [0.2, 0.25) is 0 Å². The van der Waals surface area contributed by atoms with Gasteiger partial charge < -0.3 is 10.2 Å². The van der Waals surface area contributed by atoms with E-state index in [2.05, 4.69) is 29.0 Å². The van der Waals surface area contributed by atoms with Gasteiger partial charge in [0, 0.05) is 19.1 Å². The summed E-state index contributed by atoms with van der Waals surface area (Å²) in [6.45, 7) is 6.06. The zero-order chi connectivity index (χ0) is 14.6. The minimum Gasteiger partial charge on any atom is -0.380 e. The molecule has 0 spiro atoms. The molecule has 2 rings (SSSR count). The summed E-state index contributed by atoms with van der Waals surface area (Å²) in [7, 11) is -2.87. The van der Waals surface area contributed by atoms with Crippen LogP contribution in [-0.4, -0.2) is 44.0 Å². The molecule has 0 aromatic carbocycles. The third kappa shape index (κ3) is 3.85. The number of pyridine rings is 1. The Morgan fingerprint density at radius 3 is 2.65 bits per heavy atom. The van der Waals surface area contributed by atoms with Crippen LogP contribution in [0, 0.1) is 0 Å². The standard InChI is InChI=1S/C14H23N3O2S/c1-3-17(4-2)14-8-7-12(10-15-14)16-13-6-5-9-20(18,19)11-13/h7-8,10,13,16H,3-6,9,11H2,1-2H3. The summed E-state index contributed by atoms with van der Waals surface area (Å²) < 4.78 is 23.2. The minimum atomic E-state index is -2.87. The maximum atomic E-state index is 11.6. The molecule has 0 bridgehead atoms. The fourth-order valence-corrected chi connectivity index (χ4v) is 4.21. The van der Waals surface area contributed by atoms with Crippen LogP contribution in [0.4, 0.5) is 11.5 Å². The molecule has 0 saturated carbocycles. The van der Waals surface area contributed by atoms with Gasteiger partial charge in [0.25, 0.3) is 0 Å². The van der Waals surface area contributed by atoms with Crippen molar-refractivity contribution in [2.24, 2.45) is 0 Å². The highest BCUT2D eigenvalue weighted by Crippen LogP contribution is 2.19. The van der Waals surface area contributed by atoms with E-state index in [0.29, 0.717) is 5.75 Å². The van der Waals surface area contributed by atoms with Crippen LogP contribution in [-0.2, 0) is 9.84 Å². The number of rotatable bonds is 5. The molecule has 1 aromatic heterocycles. The van der Waals surface area contributed by atoms with Crippen LogP contribution in [0.1, 0.15) is 26.7 Å². The SMILES string of the molecule is CCN(CC)c1ccc(NC2CCCS(=O)(=O)C2)cn1. The first-order chi connectivity index (χ1) is 9.54. The molecule has 1 aliphatic rings. The molecule has 2 heterocycles. The van der Waals surface area contributed by atoms with Gasteiger partial charge in [-0.05, 0) is 38.8 Å². The molecule has 20 heavy (non-hydrogen) atoms. The average molecular weight is 297 g/mol. The molecule has 6 heteroatoms. The van der Waals surface area contributed by atoms with Crippen LogP contribution in [0.25, 0.3) is 0 Å². The summed E-state index contributed by atoms with van der Waals surface area (Å²) in [6, 6.07) is 3.96. The number of aromatic nitrogens is 1. The highest BCUT2D eigenvalue weighted by Gasteiger charge is 2.24. The van der Waals surface area contributed by atoms with Crippen molar-refractivity contribution < 1.29 is 8.42 Å². The van der Waals surface area contributed by atoms with Gasteiger partial charge in [-0.25, -0.2) is 13.4 Å². The molecule has 0 radical (unpaired) electrons. The quantitative estimate of drug-likeness (QED) is 0.899. The molecule has 1 N–H and O–H groups in total. The minimum absolute atomic E-state index is 0.00912. The van der Waals surface area contributed by atoms with Crippen molar-refractivity contribution >= 4 is 21.3 Å². The Kier molecular flexibility index (Phi) is 4.86. The Hall–Kier alpha value is -1.30. The molecule has 0 aliphatic carbocycles. The van der Waals surface area contributed by atoms with E-state index in [0.717, 1.165) is 37.4 Å². The lowest BCUT2D eigenvalue weighted by atomic mass is 10.2. The van der Waals surface area contributed by atoms with Gasteiger partial charge in [-0.2, -0.15) is 0 Å². The highest BCUT2D eigenvalue weighted by atomic mass is 32.2. The summed E-state index contributed by atoms with van der Waals surface area (Å²) in [4.78, 5) is 6.61. The number of hydrogen-bond donors (Lipinski definition) is 1. The second-order valence-corrected chi connectivity index (χ2v) is 7.40. The average Bonchev–Trinajstić information content (AvgIpc) is 2.41. The van der Waals surface area contributed by atoms with Crippen LogP contribution in [0.15, 0.2) is 18.3 Å². The second-order valence-electron chi connectivity index (χ2n) is 5.18. The second kappa shape index (κ2) is 6.43. The molecule has 1 saturated heterocycles. The third-order valence-electron chi connectivity index (χ3n) is 3.67. The fraction of sp³-hybridized carbons (Fsp3) is 0.643. The molecule has 1 unspecified atom stereocenters. The molecular weight excluding hydrogens is 274 g/mol. The van der Waals surface area contributed by atoms with Crippen LogP contribution >= 0.6 is 0 Å². The van der Waals surface area contributed by atoms with Crippen LogP contribution in [0.5, 0.6) is 0 Å². The first-order valence-electron chi connectivity index (χ1n) is 7.22. The van der Waals surface area contributed by atoms with E-state index in [9.17, 15) is 8.42 Å². The summed E-state index contributed by atoms with van der Waals surface area (Å²) in [6.07, 6.45) is 3.43. The molecule has 1 atom stereocenters. The van der Waals surface area contributed by atoms with Gasteiger partial charge in [0.1, 0.15) is 5.82 Å². The summed E-state index contributed by atoms with van der Waals surface area (Å²) in [5.41, 5.74) is 0.892. The molecule has 112 valence electrons. The molecule has 1 aliphatic heterocycles. The van der Waals surface area contributed by atoms with Crippen molar-refractivity contribution in [1.82, 2.24) is 4.98 Å². The highest BCUT2D eigenvalue weighted by molar-refractivity contribution is 7.91. The molecule has 0 amide bonds. The predicted octanol–water partition coefficient (Wildman–Crippen LogP) is 1.92. The molecule has 1 aromatic rings. The monoisotopic (exact) mass is 297 g/mol. The summed E-state index contributed by atoms with van der Waals surface area (Å²) in [5.74, 6) is 1.51. The number of sulfone groups is 1. The van der Waals surface area contributed by atoms with Crippen molar-refractivity contribution in [3.63, 3.8) is 0 Å². The normalized spacial score (nSPS) is 21.4. The van der Waals surface area contributed by atoms with E-state index in [-0.39, 0.29) is 11.8 Å². The van der Waals surface area contributed by atoms with Crippen LogP contribution in [0.3, 0.4) is 0 Å². The molecule has 1 fully saturated rings. The van der Waals surface area contributed by atoms with E-state index < -0.39 is 9.84 Å². The van der Waals surface area contributed by atoms with Crippen molar-refractivity contribution in [3.05, 3.63) is 18.3 Å². The van der Waals surface area contributed by atoms with Crippen molar-refractivity contribution in [3.8, 4) is 0 Å². The van der Waals surface area contributed by atoms with Gasteiger partial charge >= 0.3 is 0 Å². The van der Waals surface area contributed by atoms with Gasteiger partial charge in [0.15, 0.2) is 9.84 Å². The summed E-state index contributed by atoms with van der Waals surface area (Å²) >= 11 is 0. The zero-order valence-corrected chi connectivity index (χ0v) is 13.0. The summed E-state index contributed by atoms with van der Waals surface area (Å²) in [5, 5.41) is 3.28. The largest absolute Gasteiger partial charge is 0.380 e. The predicted molar refractivity (Wildman–Crippen MR) is 83.1 cm³/mol. The Bertz CT molecular complexity index is 524. The smallest absolute Gasteiger partial charge is 0.152 e. The van der Waals surface area contributed by atoms with E-state index in [1.54, 1.807) is 6.20 Å². The lowest BCUT2D eigenvalue weighted by Crippen LogP contribution is -2.34. The van der Waals surface area contributed by atoms with Gasteiger partial charge in [-0.15, -0.1) is 0 Å². The van der Waals surface area contributed by atoms with Gasteiger partial charge in [0.2, 0.25) is 0 Å². The first-order valence-corrected chi connectivity index (χ1v) is 9.04. The van der Waals surface area contributed by atoms with E-state index in [1.807, 2.05) is 12.1 Å². The van der Waals surface area contributed by atoms with E-state index in [1.165, 1.54) is 0 Å². The first kappa shape index (κ1) is 15.1. The van der Waals surface area contributed by atoms with Crippen LogP contribution < -0.4 is 10.2 Å². The van der Waals surface area contributed by atoms with Crippen molar-refractivity contribution in [2.75, 3.05) is 34.8 Å². The topological polar surface area (TPSA) is 62.3 Å². The number of anilines is 2. The van der Waals surface area contributed by atoms with Gasteiger partial charge in [-0.1, -0.05) is 0 Å². The lowest BCUT2D eigenvalue weighted by Gasteiger charge is -2.24. The maximum Gasteiger partial charge on any atom is 0.152 e.